The Morgan fingerprint density at radius 2 is 2.16 bits per heavy atom. The molecule has 1 aromatic heterocycles. The lowest BCUT2D eigenvalue weighted by molar-refractivity contribution is -0.127. The Morgan fingerprint density at radius 1 is 1.32 bits per heavy atom. The third-order valence-corrected chi connectivity index (χ3v) is 4.66. The number of aryl methyl sites for hydroxylation is 1. The lowest BCUT2D eigenvalue weighted by Gasteiger charge is -2.15. The summed E-state index contributed by atoms with van der Waals surface area (Å²) in [4.78, 5) is 12.2. The summed E-state index contributed by atoms with van der Waals surface area (Å²) in [5.74, 6) is 2.34. The largest absolute Gasteiger partial charge is 0.479 e. The van der Waals surface area contributed by atoms with E-state index in [2.05, 4.69) is 20.1 Å². The van der Waals surface area contributed by atoms with Crippen LogP contribution in [0.3, 0.4) is 0 Å². The van der Waals surface area contributed by atoms with Crippen LogP contribution >= 0.6 is 11.6 Å². The average Bonchev–Trinajstić information content (AvgIpc) is 2.84. The Balaban J connectivity index is 1.49. The number of carbonyl (C=O) groups is 1. The van der Waals surface area contributed by atoms with E-state index in [0.717, 1.165) is 31.0 Å². The smallest absolute Gasteiger partial charge is 0.260 e. The Labute approximate surface area is 152 Å². The number of nitrogens with zero attached hydrogens (tertiary/aromatic N) is 3. The van der Waals surface area contributed by atoms with E-state index < -0.39 is 6.10 Å². The molecule has 0 fully saturated rings. The molecule has 0 radical (unpaired) electrons. The fraction of sp³-hybridized carbons (Fsp3) is 0.500. The molecule has 0 aliphatic carbocycles. The summed E-state index contributed by atoms with van der Waals surface area (Å²) in [5.41, 5.74) is 0. The van der Waals surface area contributed by atoms with Crippen LogP contribution in [-0.2, 0) is 24.2 Å². The van der Waals surface area contributed by atoms with Crippen molar-refractivity contribution in [2.45, 2.75) is 51.7 Å². The number of fused-ring (bicyclic) bond motifs is 1. The lowest BCUT2D eigenvalue weighted by Crippen LogP contribution is -2.37. The van der Waals surface area contributed by atoms with Gasteiger partial charge in [0.05, 0.1) is 5.02 Å². The van der Waals surface area contributed by atoms with Crippen molar-refractivity contribution in [1.82, 2.24) is 20.1 Å². The van der Waals surface area contributed by atoms with Crippen molar-refractivity contribution in [3.05, 3.63) is 40.9 Å². The minimum atomic E-state index is -0.615. The number of nitrogens with one attached hydrogen (secondary N) is 1. The Kier molecular flexibility index (Phi) is 5.91. The zero-order valence-electron chi connectivity index (χ0n) is 14.4. The van der Waals surface area contributed by atoms with Crippen molar-refractivity contribution in [2.75, 3.05) is 6.54 Å². The highest BCUT2D eigenvalue weighted by atomic mass is 35.5. The van der Waals surface area contributed by atoms with Crippen molar-refractivity contribution >= 4 is 17.5 Å². The summed E-state index contributed by atoms with van der Waals surface area (Å²) in [6.07, 6.45) is 4.60. The molecule has 2 aromatic rings. The standard InChI is InChI=1S/C18H23ClN4O2/c1-13(25-15-8-5-4-7-14(15)19)18(24)20-11-10-17-22-21-16-9-3-2-6-12-23(16)17/h4-5,7-8,13H,2-3,6,9-12H2,1H3,(H,20,24). The predicted octanol–water partition coefficient (Wildman–Crippen LogP) is 2.78. The van der Waals surface area contributed by atoms with Gasteiger partial charge in [-0.25, -0.2) is 0 Å². The topological polar surface area (TPSA) is 69.0 Å². The first-order valence-electron chi connectivity index (χ1n) is 8.75. The van der Waals surface area contributed by atoms with Gasteiger partial charge >= 0.3 is 0 Å². The second-order valence-electron chi connectivity index (χ2n) is 6.23. The normalized spacial score (nSPS) is 15.1. The molecule has 0 saturated heterocycles. The molecule has 0 bridgehead atoms. The van der Waals surface area contributed by atoms with Crippen LogP contribution in [0, 0.1) is 0 Å². The summed E-state index contributed by atoms with van der Waals surface area (Å²) in [6, 6.07) is 7.13. The van der Waals surface area contributed by atoms with Crippen LogP contribution in [0.4, 0.5) is 0 Å². The summed E-state index contributed by atoms with van der Waals surface area (Å²) < 4.78 is 7.82. The third-order valence-electron chi connectivity index (χ3n) is 4.34. The minimum Gasteiger partial charge on any atom is -0.479 e. The molecule has 2 heterocycles. The first-order valence-corrected chi connectivity index (χ1v) is 9.13. The Bertz CT molecular complexity index is 732. The number of benzene rings is 1. The van der Waals surface area contributed by atoms with E-state index in [9.17, 15) is 4.79 Å². The Morgan fingerprint density at radius 3 is 3.00 bits per heavy atom. The third kappa shape index (κ3) is 4.51. The van der Waals surface area contributed by atoms with Gasteiger partial charge in [-0.05, 0) is 31.9 Å². The molecule has 0 spiro atoms. The first-order chi connectivity index (χ1) is 12.1. The molecule has 6 nitrogen and oxygen atoms in total. The highest BCUT2D eigenvalue weighted by molar-refractivity contribution is 6.32. The van der Waals surface area contributed by atoms with Gasteiger partial charge < -0.3 is 14.6 Å². The number of rotatable bonds is 6. The molecule has 1 aliphatic rings. The molecule has 3 rings (SSSR count). The van der Waals surface area contributed by atoms with Gasteiger partial charge in [-0.1, -0.05) is 30.2 Å². The maximum absolute atomic E-state index is 12.2. The van der Waals surface area contributed by atoms with Crippen molar-refractivity contribution in [1.29, 1.82) is 0 Å². The van der Waals surface area contributed by atoms with Gasteiger partial charge in [-0.15, -0.1) is 10.2 Å². The van der Waals surface area contributed by atoms with E-state index in [0.29, 0.717) is 23.7 Å². The summed E-state index contributed by atoms with van der Waals surface area (Å²) in [5, 5.41) is 11.9. The molecule has 1 unspecified atom stereocenters. The van der Waals surface area contributed by atoms with Crippen molar-refractivity contribution in [3.63, 3.8) is 0 Å². The summed E-state index contributed by atoms with van der Waals surface area (Å²) in [7, 11) is 0. The van der Waals surface area contributed by atoms with Gasteiger partial charge in [0.15, 0.2) is 6.10 Å². The van der Waals surface area contributed by atoms with Crippen molar-refractivity contribution in [2.24, 2.45) is 0 Å². The zero-order chi connectivity index (χ0) is 17.6. The van der Waals surface area contributed by atoms with Crippen molar-refractivity contribution < 1.29 is 9.53 Å². The highest BCUT2D eigenvalue weighted by Gasteiger charge is 2.17. The van der Waals surface area contributed by atoms with Crippen LogP contribution in [0.2, 0.25) is 5.02 Å². The molecule has 25 heavy (non-hydrogen) atoms. The number of aromatic nitrogens is 3. The van der Waals surface area contributed by atoms with Gasteiger partial charge in [-0.2, -0.15) is 0 Å². The van der Waals surface area contributed by atoms with Gasteiger partial charge in [0.2, 0.25) is 0 Å². The van der Waals surface area contributed by atoms with Crippen LogP contribution in [-0.4, -0.2) is 33.3 Å². The van der Waals surface area contributed by atoms with Crippen LogP contribution in [0.5, 0.6) is 5.75 Å². The van der Waals surface area contributed by atoms with Gasteiger partial charge in [0.25, 0.3) is 5.91 Å². The molecule has 1 amide bonds. The van der Waals surface area contributed by atoms with Crippen LogP contribution < -0.4 is 10.1 Å². The van der Waals surface area contributed by atoms with E-state index in [1.165, 1.54) is 12.8 Å². The van der Waals surface area contributed by atoms with Crippen LogP contribution in [0.1, 0.15) is 37.8 Å². The highest BCUT2D eigenvalue weighted by Crippen LogP contribution is 2.24. The van der Waals surface area contributed by atoms with Crippen molar-refractivity contribution in [3.8, 4) is 5.75 Å². The van der Waals surface area contributed by atoms with Gasteiger partial charge in [0, 0.05) is 25.9 Å². The van der Waals surface area contributed by atoms with E-state index >= 15 is 0 Å². The number of halogens is 1. The van der Waals surface area contributed by atoms with E-state index in [4.69, 9.17) is 16.3 Å². The van der Waals surface area contributed by atoms with E-state index in [1.807, 2.05) is 12.1 Å². The molecule has 1 atom stereocenters. The molecule has 1 aromatic carbocycles. The summed E-state index contributed by atoms with van der Waals surface area (Å²) >= 11 is 6.05. The zero-order valence-corrected chi connectivity index (χ0v) is 15.1. The second-order valence-corrected chi connectivity index (χ2v) is 6.63. The fourth-order valence-corrected chi connectivity index (χ4v) is 3.14. The van der Waals surface area contributed by atoms with E-state index in [1.54, 1.807) is 19.1 Å². The number of hydrogen-bond donors (Lipinski definition) is 1. The average molecular weight is 363 g/mol. The molecule has 0 saturated carbocycles. The van der Waals surface area contributed by atoms with Crippen LogP contribution in [0.25, 0.3) is 0 Å². The molecular weight excluding hydrogens is 340 g/mol. The number of para-hydroxylation sites is 1. The van der Waals surface area contributed by atoms with Gasteiger partial charge in [-0.3, -0.25) is 4.79 Å². The number of hydrogen-bond acceptors (Lipinski definition) is 4. The SMILES string of the molecule is CC(Oc1ccccc1Cl)C(=O)NCCc1nnc2n1CCCCC2. The molecule has 1 N–H and O–H groups in total. The predicted molar refractivity (Wildman–Crippen MR) is 95.8 cm³/mol. The summed E-state index contributed by atoms with van der Waals surface area (Å²) in [6.45, 7) is 3.19. The number of carbonyl (C=O) groups excluding carboxylic acids is 1. The van der Waals surface area contributed by atoms with Crippen LogP contribution in [0.15, 0.2) is 24.3 Å². The number of amides is 1. The van der Waals surface area contributed by atoms with E-state index in [-0.39, 0.29) is 5.91 Å². The molecule has 1 aliphatic heterocycles. The minimum absolute atomic E-state index is 0.171. The molecule has 7 heteroatoms. The maximum Gasteiger partial charge on any atom is 0.260 e. The molecular formula is C18H23ClN4O2. The quantitative estimate of drug-likeness (QED) is 0.857. The van der Waals surface area contributed by atoms with Gasteiger partial charge in [0.1, 0.15) is 17.4 Å². The Hall–Kier alpha value is -2.08. The number of ether oxygens (including phenoxy) is 1. The lowest BCUT2D eigenvalue weighted by atomic mass is 10.2. The maximum atomic E-state index is 12.2. The first kappa shape index (κ1) is 17.7. The second kappa shape index (κ2) is 8.34. The monoisotopic (exact) mass is 362 g/mol. The molecule has 134 valence electrons. The fourth-order valence-electron chi connectivity index (χ4n) is 2.96.